The minimum Gasteiger partial charge on any atom is -0.369 e. The molecule has 2 N–H and O–H groups in total. The van der Waals surface area contributed by atoms with Gasteiger partial charge >= 0.3 is 0 Å². The van der Waals surface area contributed by atoms with Crippen LogP contribution in [-0.2, 0) is 19.6 Å². The number of benzene rings is 1. The molecule has 0 radical (unpaired) electrons. The number of carbonyl (C=O) groups is 2. The second kappa shape index (κ2) is 8.21. The number of likely N-dealkylation sites (tertiary alicyclic amines) is 1. The lowest BCUT2D eigenvalue weighted by Crippen LogP contribution is -2.48. The molecule has 2 saturated heterocycles. The predicted octanol–water partition coefficient (Wildman–Crippen LogP) is 1.43. The molecule has 1 aromatic rings. The molecule has 0 aliphatic carbocycles. The molecule has 154 valence electrons. The van der Waals surface area contributed by atoms with Gasteiger partial charge in [-0.2, -0.15) is 4.31 Å². The average molecular weight is 408 g/mol. The summed E-state index contributed by atoms with van der Waals surface area (Å²) in [4.78, 5) is 26.3. The Morgan fingerprint density at radius 1 is 1.00 bits per heavy atom. The van der Waals surface area contributed by atoms with Crippen LogP contribution in [0.25, 0.3) is 0 Å². The highest BCUT2D eigenvalue weighted by Crippen LogP contribution is 2.27. The van der Waals surface area contributed by atoms with Crippen LogP contribution < -0.4 is 5.73 Å². The molecular weight excluding hydrogens is 378 g/mol. The highest BCUT2D eigenvalue weighted by Gasteiger charge is 2.35. The Bertz CT molecular complexity index is 860. The standard InChI is InChI=1S/C20H29N3O4S/c1-14-5-6-18(12-15(14)2)28(26,27)23-10-7-16(8-11-23)20(25)22-9-3-4-17(13-22)19(21)24/h5-6,12,16-17H,3-4,7-11,13H2,1-2H3,(H2,21,24). The Balaban J connectivity index is 1.63. The van der Waals surface area contributed by atoms with E-state index in [0.29, 0.717) is 43.9 Å². The van der Waals surface area contributed by atoms with E-state index in [1.54, 1.807) is 17.0 Å². The number of nitrogens with two attached hydrogens (primary N) is 1. The Kier molecular flexibility index (Phi) is 6.09. The number of carbonyl (C=O) groups excluding carboxylic acids is 2. The van der Waals surface area contributed by atoms with Crippen molar-refractivity contribution in [3.8, 4) is 0 Å². The zero-order chi connectivity index (χ0) is 20.5. The monoisotopic (exact) mass is 407 g/mol. The highest BCUT2D eigenvalue weighted by molar-refractivity contribution is 7.89. The van der Waals surface area contributed by atoms with Crippen LogP contribution in [0.1, 0.15) is 36.8 Å². The van der Waals surface area contributed by atoms with E-state index in [4.69, 9.17) is 5.73 Å². The first-order valence-corrected chi connectivity index (χ1v) is 11.3. The summed E-state index contributed by atoms with van der Waals surface area (Å²) >= 11 is 0. The summed E-state index contributed by atoms with van der Waals surface area (Å²) in [6.45, 7) is 5.54. The van der Waals surface area contributed by atoms with E-state index in [-0.39, 0.29) is 23.7 Å². The summed E-state index contributed by atoms with van der Waals surface area (Å²) in [5.41, 5.74) is 7.40. The number of primary amides is 1. The molecule has 2 fully saturated rings. The maximum absolute atomic E-state index is 12.9. The number of sulfonamides is 1. The SMILES string of the molecule is Cc1ccc(S(=O)(=O)N2CCC(C(=O)N3CCCC(C(N)=O)C3)CC2)cc1C. The van der Waals surface area contributed by atoms with Crippen molar-refractivity contribution in [2.75, 3.05) is 26.2 Å². The van der Waals surface area contributed by atoms with Crippen molar-refractivity contribution < 1.29 is 18.0 Å². The first kappa shape index (κ1) is 20.8. The number of piperidine rings is 2. The van der Waals surface area contributed by atoms with E-state index in [0.717, 1.165) is 24.0 Å². The molecule has 1 aromatic carbocycles. The fraction of sp³-hybridized carbons (Fsp3) is 0.600. The van der Waals surface area contributed by atoms with Crippen LogP contribution in [-0.4, -0.2) is 55.6 Å². The lowest BCUT2D eigenvalue weighted by atomic mass is 9.92. The minimum atomic E-state index is -3.55. The summed E-state index contributed by atoms with van der Waals surface area (Å²) in [6, 6.07) is 5.18. The molecule has 0 saturated carbocycles. The molecule has 2 amide bonds. The number of aryl methyl sites for hydroxylation is 2. The molecule has 2 aliphatic heterocycles. The zero-order valence-electron chi connectivity index (χ0n) is 16.6. The van der Waals surface area contributed by atoms with Crippen molar-refractivity contribution >= 4 is 21.8 Å². The first-order valence-electron chi connectivity index (χ1n) is 9.85. The second-order valence-electron chi connectivity index (χ2n) is 7.95. The molecule has 0 aromatic heterocycles. The third kappa shape index (κ3) is 4.22. The van der Waals surface area contributed by atoms with Crippen molar-refractivity contribution in [3.63, 3.8) is 0 Å². The van der Waals surface area contributed by atoms with Crippen LogP contribution in [0.15, 0.2) is 23.1 Å². The van der Waals surface area contributed by atoms with Crippen LogP contribution in [0, 0.1) is 25.7 Å². The number of nitrogens with zero attached hydrogens (tertiary/aromatic N) is 2. The quantitative estimate of drug-likeness (QED) is 0.816. The largest absolute Gasteiger partial charge is 0.369 e. The van der Waals surface area contributed by atoms with Gasteiger partial charge in [0, 0.05) is 32.1 Å². The number of rotatable bonds is 4. The van der Waals surface area contributed by atoms with Crippen molar-refractivity contribution in [2.45, 2.75) is 44.4 Å². The molecule has 1 unspecified atom stereocenters. The Labute approximate surface area is 166 Å². The summed E-state index contributed by atoms with van der Waals surface area (Å²) < 4.78 is 27.3. The summed E-state index contributed by atoms with van der Waals surface area (Å²) in [7, 11) is -3.55. The fourth-order valence-electron chi connectivity index (χ4n) is 4.03. The van der Waals surface area contributed by atoms with Gasteiger partial charge in [-0.15, -0.1) is 0 Å². The van der Waals surface area contributed by atoms with Gasteiger partial charge in [0.15, 0.2) is 0 Å². The van der Waals surface area contributed by atoms with Gasteiger partial charge in [-0.05, 0) is 62.8 Å². The van der Waals surface area contributed by atoms with E-state index in [1.165, 1.54) is 4.31 Å². The molecule has 7 nitrogen and oxygen atoms in total. The maximum atomic E-state index is 12.9. The lowest BCUT2D eigenvalue weighted by Gasteiger charge is -2.36. The van der Waals surface area contributed by atoms with Crippen molar-refractivity contribution in [1.82, 2.24) is 9.21 Å². The predicted molar refractivity (Wildman–Crippen MR) is 106 cm³/mol. The normalized spacial score (nSPS) is 22.2. The molecule has 28 heavy (non-hydrogen) atoms. The molecule has 0 bridgehead atoms. The molecule has 2 aliphatic rings. The van der Waals surface area contributed by atoms with Gasteiger partial charge in [-0.25, -0.2) is 8.42 Å². The molecule has 1 atom stereocenters. The van der Waals surface area contributed by atoms with Gasteiger partial charge in [0.1, 0.15) is 0 Å². The van der Waals surface area contributed by atoms with Crippen molar-refractivity contribution in [3.05, 3.63) is 29.3 Å². The lowest BCUT2D eigenvalue weighted by molar-refractivity contribution is -0.139. The third-order valence-corrected chi connectivity index (χ3v) is 7.95. The first-order chi connectivity index (χ1) is 13.2. The van der Waals surface area contributed by atoms with E-state index in [2.05, 4.69) is 0 Å². The smallest absolute Gasteiger partial charge is 0.243 e. The zero-order valence-corrected chi connectivity index (χ0v) is 17.4. The number of hydrogen-bond donors (Lipinski definition) is 1. The fourth-order valence-corrected chi connectivity index (χ4v) is 5.59. The van der Waals surface area contributed by atoms with Crippen LogP contribution in [0.5, 0.6) is 0 Å². The van der Waals surface area contributed by atoms with Gasteiger partial charge in [0.05, 0.1) is 10.8 Å². The topological polar surface area (TPSA) is 101 Å². The summed E-state index contributed by atoms with van der Waals surface area (Å²) in [5, 5.41) is 0. The highest BCUT2D eigenvalue weighted by atomic mass is 32.2. The van der Waals surface area contributed by atoms with E-state index in [9.17, 15) is 18.0 Å². The van der Waals surface area contributed by atoms with Crippen molar-refractivity contribution in [1.29, 1.82) is 0 Å². The average Bonchev–Trinajstić information content (AvgIpc) is 2.69. The van der Waals surface area contributed by atoms with E-state index < -0.39 is 10.0 Å². The third-order valence-electron chi connectivity index (χ3n) is 6.05. The van der Waals surface area contributed by atoms with Crippen LogP contribution in [0.3, 0.4) is 0 Å². The van der Waals surface area contributed by atoms with Crippen molar-refractivity contribution in [2.24, 2.45) is 17.6 Å². The van der Waals surface area contributed by atoms with Gasteiger partial charge in [-0.3, -0.25) is 9.59 Å². The molecule has 8 heteroatoms. The van der Waals surface area contributed by atoms with E-state index in [1.807, 2.05) is 19.9 Å². The minimum absolute atomic E-state index is 0.0224. The summed E-state index contributed by atoms with van der Waals surface area (Å²) in [6.07, 6.45) is 2.51. The Morgan fingerprint density at radius 2 is 1.68 bits per heavy atom. The maximum Gasteiger partial charge on any atom is 0.243 e. The van der Waals surface area contributed by atoms with Gasteiger partial charge in [0.25, 0.3) is 0 Å². The van der Waals surface area contributed by atoms with Gasteiger partial charge in [-0.1, -0.05) is 6.07 Å². The van der Waals surface area contributed by atoms with Gasteiger partial charge in [0.2, 0.25) is 21.8 Å². The number of amides is 2. The molecule has 0 spiro atoms. The number of hydrogen-bond acceptors (Lipinski definition) is 4. The van der Waals surface area contributed by atoms with Crippen LogP contribution >= 0.6 is 0 Å². The molecule has 3 rings (SSSR count). The second-order valence-corrected chi connectivity index (χ2v) is 9.89. The van der Waals surface area contributed by atoms with Crippen LogP contribution in [0.2, 0.25) is 0 Å². The Morgan fingerprint density at radius 3 is 2.29 bits per heavy atom. The summed E-state index contributed by atoms with van der Waals surface area (Å²) in [5.74, 6) is -0.804. The van der Waals surface area contributed by atoms with E-state index >= 15 is 0 Å². The van der Waals surface area contributed by atoms with Gasteiger partial charge < -0.3 is 10.6 Å². The Hall–Kier alpha value is -1.93. The van der Waals surface area contributed by atoms with Crippen LogP contribution in [0.4, 0.5) is 0 Å². The molecular formula is C20H29N3O4S. The molecule has 2 heterocycles.